The molecule has 0 aliphatic heterocycles. The molecule has 0 bridgehead atoms. The van der Waals surface area contributed by atoms with Crippen LogP contribution < -0.4 is 10.1 Å². The number of benzene rings is 1. The van der Waals surface area contributed by atoms with E-state index >= 15 is 0 Å². The maximum atomic E-state index is 6.00. The van der Waals surface area contributed by atoms with Gasteiger partial charge in [-0.15, -0.1) is 0 Å². The Morgan fingerprint density at radius 3 is 2.83 bits per heavy atom. The largest absolute Gasteiger partial charge is 0.495 e. The number of anilines is 1. The minimum absolute atomic E-state index is 0.131. The molecule has 0 aliphatic carbocycles. The third-order valence-corrected chi connectivity index (χ3v) is 2.95. The van der Waals surface area contributed by atoms with Crippen molar-refractivity contribution >= 4 is 17.3 Å². The number of rotatable bonds is 4. The molecule has 94 valence electrons. The topological polar surface area (TPSA) is 34.1 Å². The molecule has 1 N–H and O–H groups in total. The molecule has 0 saturated heterocycles. The lowest BCUT2D eigenvalue weighted by atomic mass is 10.1. The van der Waals surface area contributed by atoms with E-state index in [0.29, 0.717) is 5.02 Å². The Kier molecular flexibility index (Phi) is 4.05. The second-order valence-electron chi connectivity index (χ2n) is 4.00. The molecule has 0 fully saturated rings. The molecule has 2 aromatic rings. The fraction of sp³-hybridized carbons (Fsp3) is 0.214. The van der Waals surface area contributed by atoms with Gasteiger partial charge in [0, 0.05) is 17.4 Å². The van der Waals surface area contributed by atoms with Crippen molar-refractivity contribution in [1.82, 2.24) is 4.98 Å². The van der Waals surface area contributed by atoms with Gasteiger partial charge in [-0.1, -0.05) is 17.7 Å². The van der Waals surface area contributed by atoms with Crippen molar-refractivity contribution in [3.05, 3.63) is 53.3 Å². The van der Waals surface area contributed by atoms with Gasteiger partial charge in [-0.05, 0) is 36.8 Å². The van der Waals surface area contributed by atoms with Crippen LogP contribution in [0, 0.1) is 0 Å². The number of aromatic nitrogens is 1. The second-order valence-corrected chi connectivity index (χ2v) is 4.43. The maximum absolute atomic E-state index is 6.00. The van der Waals surface area contributed by atoms with E-state index in [9.17, 15) is 0 Å². The van der Waals surface area contributed by atoms with E-state index in [-0.39, 0.29) is 6.04 Å². The molecule has 0 spiro atoms. The van der Waals surface area contributed by atoms with Gasteiger partial charge in [0.25, 0.3) is 0 Å². The minimum Gasteiger partial charge on any atom is -0.495 e. The van der Waals surface area contributed by atoms with Gasteiger partial charge in [0.1, 0.15) is 5.75 Å². The summed E-state index contributed by atoms with van der Waals surface area (Å²) in [5, 5.41) is 4.05. The number of halogens is 1. The summed E-state index contributed by atoms with van der Waals surface area (Å²) < 4.78 is 5.30. The Hall–Kier alpha value is -1.74. The van der Waals surface area contributed by atoms with Gasteiger partial charge in [-0.25, -0.2) is 0 Å². The van der Waals surface area contributed by atoms with Crippen LogP contribution in [0.5, 0.6) is 5.75 Å². The van der Waals surface area contributed by atoms with Gasteiger partial charge >= 0.3 is 0 Å². The number of pyridine rings is 1. The predicted molar refractivity (Wildman–Crippen MR) is 74.3 cm³/mol. The zero-order chi connectivity index (χ0) is 13.0. The molecule has 4 heteroatoms. The van der Waals surface area contributed by atoms with Crippen molar-refractivity contribution in [1.29, 1.82) is 0 Å². The molecular weight excluding hydrogens is 248 g/mol. The maximum Gasteiger partial charge on any atom is 0.142 e. The molecule has 0 radical (unpaired) electrons. The summed E-state index contributed by atoms with van der Waals surface area (Å²) >= 11 is 6.00. The Bertz CT molecular complexity index is 516. The van der Waals surface area contributed by atoms with Gasteiger partial charge < -0.3 is 10.1 Å². The summed E-state index contributed by atoms with van der Waals surface area (Å²) in [6.07, 6.45) is 3.60. The first-order valence-electron chi connectivity index (χ1n) is 5.70. The molecule has 2 rings (SSSR count). The van der Waals surface area contributed by atoms with E-state index < -0.39 is 0 Å². The molecule has 0 saturated carbocycles. The van der Waals surface area contributed by atoms with Crippen LogP contribution in [0.1, 0.15) is 18.5 Å². The van der Waals surface area contributed by atoms with Crippen LogP contribution in [0.25, 0.3) is 0 Å². The fourth-order valence-corrected chi connectivity index (χ4v) is 1.91. The highest BCUT2D eigenvalue weighted by Gasteiger charge is 2.09. The summed E-state index contributed by atoms with van der Waals surface area (Å²) in [5.41, 5.74) is 1.99. The first-order chi connectivity index (χ1) is 8.70. The van der Waals surface area contributed by atoms with E-state index in [1.807, 2.05) is 30.5 Å². The molecular formula is C14H15ClN2O. The standard InChI is InChI=1S/C14H15ClN2O/c1-10(11-4-3-7-16-9-11)17-13-8-12(15)5-6-14(13)18-2/h3-10,17H,1-2H3. The second kappa shape index (κ2) is 5.74. The first-order valence-corrected chi connectivity index (χ1v) is 6.08. The number of hydrogen-bond donors (Lipinski definition) is 1. The molecule has 3 nitrogen and oxygen atoms in total. The lowest BCUT2D eigenvalue weighted by molar-refractivity contribution is 0.416. The number of methoxy groups -OCH3 is 1. The SMILES string of the molecule is COc1ccc(Cl)cc1NC(C)c1cccnc1. The Labute approximate surface area is 112 Å². The molecule has 0 aliphatic rings. The van der Waals surface area contributed by atoms with E-state index in [4.69, 9.17) is 16.3 Å². The predicted octanol–water partition coefficient (Wildman–Crippen LogP) is 3.92. The van der Waals surface area contributed by atoms with E-state index in [0.717, 1.165) is 17.0 Å². The third-order valence-electron chi connectivity index (χ3n) is 2.72. The van der Waals surface area contributed by atoms with Crippen LogP contribution in [0.15, 0.2) is 42.7 Å². The summed E-state index contributed by atoms with van der Waals surface area (Å²) in [7, 11) is 1.64. The summed E-state index contributed by atoms with van der Waals surface area (Å²) in [6.45, 7) is 2.07. The van der Waals surface area contributed by atoms with Crippen LogP contribution in [-0.2, 0) is 0 Å². The average Bonchev–Trinajstić information content (AvgIpc) is 2.40. The van der Waals surface area contributed by atoms with Crippen molar-refractivity contribution in [2.45, 2.75) is 13.0 Å². The Balaban J connectivity index is 2.21. The normalized spacial score (nSPS) is 11.9. The zero-order valence-electron chi connectivity index (χ0n) is 10.4. The average molecular weight is 263 g/mol. The van der Waals surface area contributed by atoms with E-state index in [1.165, 1.54) is 0 Å². The Morgan fingerprint density at radius 1 is 1.33 bits per heavy atom. The first kappa shape index (κ1) is 12.7. The number of nitrogens with zero attached hydrogens (tertiary/aromatic N) is 1. The van der Waals surface area contributed by atoms with Crippen LogP contribution in [0.2, 0.25) is 5.02 Å². The fourth-order valence-electron chi connectivity index (χ4n) is 1.74. The molecule has 18 heavy (non-hydrogen) atoms. The smallest absolute Gasteiger partial charge is 0.142 e. The van der Waals surface area contributed by atoms with Crippen molar-refractivity contribution in [3.8, 4) is 5.75 Å². The monoisotopic (exact) mass is 262 g/mol. The molecule has 1 atom stereocenters. The van der Waals surface area contributed by atoms with Gasteiger partial charge in [0.15, 0.2) is 0 Å². The van der Waals surface area contributed by atoms with E-state index in [1.54, 1.807) is 19.4 Å². The van der Waals surface area contributed by atoms with Crippen molar-refractivity contribution < 1.29 is 4.74 Å². The van der Waals surface area contributed by atoms with Crippen LogP contribution in [-0.4, -0.2) is 12.1 Å². The molecule has 1 unspecified atom stereocenters. The third kappa shape index (κ3) is 2.93. The van der Waals surface area contributed by atoms with Gasteiger partial charge in [-0.3, -0.25) is 4.98 Å². The summed E-state index contributed by atoms with van der Waals surface area (Å²) in [6, 6.07) is 9.59. The highest BCUT2D eigenvalue weighted by Crippen LogP contribution is 2.30. The quantitative estimate of drug-likeness (QED) is 0.907. The number of ether oxygens (including phenoxy) is 1. The van der Waals surface area contributed by atoms with Crippen LogP contribution in [0.3, 0.4) is 0 Å². The summed E-state index contributed by atoms with van der Waals surface area (Å²) in [5.74, 6) is 0.773. The van der Waals surface area contributed by atoms with E-state index in [2.05, 4.69) is 17.2 Å². The Morgan fingerprint density at radius 2 is 2.17 bits per heavy atom. The minimum atomic E-state index is 0.131. The summed E-state index contributed by atoms with van der Waals surface area (Å²) in [4.78, 5) is 4.11. The number of hydrogen-bond acceptors (Lipinski definition) is 3. The molecule has 1 aromatic heterocycles. The lowest BCUT2D eigenvalue weighted by Crippen LogP contribution is -2.07. The van der Waals surface area contributed by atoms with Gasteiger partial charge in [-0.2, -0.15) is 0 Å². The van der Waals surface area contributed by atoms with Crippen molar-refractivity contribution in [2.75, 3.05) is 12.4 Å². The molecule has 1 heterocycles. The molecule has 0 amide bonds. The van der Waals surface area contributed by atoms with Crippen molar-refractivity contribution in [3.63, 3.8) is 0 Å². The highest BCUT2D eigenvalue weighted by molar-refractivity contribution is 6.30. The highest BCUT2D eigenvalue weighted by atomic mass is 35.5. The number of nitrogens with one attached hydrogen (secondary N) is 1. The zero-order valence-corrected chi connectivity index (χ0v) is 11.1. The van der Waals surface area contributed by atoms with Crippen molar-refractivity contribution in [2.24, 2.45) is 0 Å². The van der Waals surface area contributed by atoms with Gasteiger partial charge in [0.05, 0.1) is 18.8 Å². The van der Waals surface area contributed by atoms with Crippen LogP contribution >= 0.6 is 11.6 Å². The molecule has 1 aromatic carbocycles. The van der Waals surface area contributed by atoms with Gasteiger partial charge in [0.2, 0.25) is 0 Å². The van der Waals surface area contributed by atoms with Crippen LogP contribution in [0.4, 0.5) is 5.69 Å². The lowest BCUT2D eigenvalue weighted by Gasteiger charge is -2.17.